The van der Waals surface area contributed by atoms with E-state index in [0.29, 0.717) is 30.2 Å². The SMILES string of the molecule is Cc1cccn2cc(COc3ccccc3C(=O)N3CC[S@@](=O)C(C)(C)C3)nc12. The number of amides is 1. The molecule has 6 nitrogen and oxygen atoms in total. The topological polar surface area (TPSA) is 63.9 Å². The summed E-state index contributed by atoms with van der Waals surface area (Å²) in [5.41, 5.74) is 3.32. The first-order valence-electron chi connectivity index (χ1n) is 9.68. The van der Waals surface area contributed by atoms with Crippen molar-refractivity contribution in [3.63, 3.8) is 0 Å². The number of carbonyl (C=O) groups excluding carboxylic acids is 1. The Morgan fingerprint density at radius 2 is 2.03 bits per heavy atom. The molecule has 0 bridgehead atoms. The average Bonchev–Trinajstić information content (AvgIpc) is 3.13. The minimum absolute atomic E-state index is 0.0868. The van der Waals surface area contributed by atoms with Gasteiger partial charge in [0.1, 0.15) is 18.0 Å². The van der Waals surface area contributed by atoms with Crippen LogP contribution in [0.1, 0.15) is 35.5 Å². The van der Waals surface area contributed by atoms with Crippen LogP contribution in [-0.4, -0.2) is 48.0 Å². The Morgan fingerprint density at radius 3 is 2.79 bits per heavy atom. The summed E-state index contributed by atoms with van der Waals surface area (Å²) in [6, 6.07) is 11.3. The Balaban J connectivity index is 1.53. The Labute approximate surface area is 173 Å². The van der Waals surface area contributed by atoms with E-state index in [1.54, 1.807) is 11.0 Å². The Bertz CT molecular complexity index is 1090. The van der Waals surface area contributed by atoms with E-state index in [1.807, 2.05) is 67.9 Å². The van der Waals surface area contributed by atoms with Gasteiger partial charge >= 0.3 is 0 Å². The van der Waals surface area contributed by atoms with Crippen LogP contribution < -0.4 is 4.74 Å². The summed E-state index contributed by atoms with van der Waals surface area (Å²) in [7, 11) is -0.923. The summed E-state index contributed by atoms with van der Waals surface area (Å²) in [6.45, 7) is 7.15. The molecular formula is C22H25N3O3S. The van der Waals surface area contributed by atoms with Crippen molar-refractivity contribution in [1.29, 1.82) is 0 Å². The molecule has 1 saturated heterocycles. The van der Waals surface area contributed by atoms with E-state index in [4.69, 9.17) is 4.74 Å². The third-order valence-corrected chi connectivity index (χ3v) is 7.16. The molecule has 0 saturated carbocycles. The van der Waals surface area contributed by atoms with Crippen LogP contribution in [0.5, 0.6) is 5.75 Å². The highest BCUT2D eigenvalue weighted by Crippen LogP contribution is 2.26. The highest BCUT2D eigenvalue weighted by atomic mass is 32.2. The number of ether oxygens (including phenoxy) is 1. The monoisotopic (exact) mass is 411 g/mol. The second-order valence-electron chi connectivity index (χ2n) is 7.98. The highest BCUT2D eigenvalue weighted by Gasteiger charge is 2.36. The molecule has 3 aromatic rings. The summed E-state index contributed by atoms with van der Waals surface area (Å²) in [5.74, 6) is 0.953. The van der Waals surface area contributed by atoms with Crippen LogP contribution in [0.4, 0.5) is 0 Å². The Morgan fingerprint density at radius 1 is 1.24 bits per heavy atom. The van der Waals surface area contributed by atoms with Gasteiger partial charge in [0.15, 0.2) is 0 Å². The molecule has 0 N–H and O–H groups in total. The van der Waals surface area contributed by atoms with Gasteiger partial charge < -0.3 is 14.0 Å². The summed E-state index contributed by atoms with van der Waals surface area (Å²) in [5, 5.41) is 0. The molecule has 0 aliphatic carbocycles. The largest absolute Gasteiger partial charge is 0.486 e. The van der Waals surface area contributed by atoms with E-state index in [2.05, 4.69) is 4.98 Å². The fourth-order valence-electron chi connectivity index (χ4n) is 3.62. The maximum absolute atomic E-state index is 13.1. The molecule has 152 valence electrons. The van der Waals surface area contributed by atoms with E-state index >= 15 is 0 Å². The van der Waals surface area contributed by atoms with Gasteiger partial charge in [-0.15, -0.1) is 0 Å². The van der Waals surface area contributed by atoms with Gasteiger partial charge in [0.25, 0.3) is 5.91 Å². The summed E-state index contributed by atoms with van der Waals surface area (Å²) >= 11 is 0. The molecule has 1 aliphatic rings. The van der Waals surface area contributed by atoms with Gasteiger partial charge in [0.2, 0.25) is 0 Å². The van der Waals surface area contributed by atoms with Crippen molar-refractivity contribution >= 4 is 22.4 Å². The van der Waals surface area contributed by atoms with Gasteiger partial charge in [-0.3, -0.25) is 9.00 Å². The lowest BCUT2D eigenvalue weighted by Crippen LogP contribution is -2.52. The molecule has 1 atom stereocenters. The number of para-hydroxylation sites is 1. The van der Waals surface area contributed by atoms with Crippen molar-refractivity contribution in [3.8, 4) is 5.75 Å². The molecule has 4 rings (SSSR count). The maximum Gasteiger partial charge on any atom is 0.257 e. The third kappa shape index (κ3) is 3.92. The number of aryl methyl sites for hydroxylation is 1. The molecule has 0 radical (unpaired) electrons. The lowest BCUT2D eigenvalue weighted by atomic mass is 10.1. The van der Waals surface area contributed by atoms with E-state index in [-0.39, 0.29) is 12.5 Å². The summed E-state index contributed by atoms with van der Waals surface area (Å²) in [4.78, 5) is 19.5. The Kier molecular flexibility index (Phi) is 5.17. The number of hydrogen-bond donors (Lipinski definition) is 0. The number of fused-ring (bicyclic) bond motifs is 1. The zero-order valence-corrected chi connectivity index (χ0v) is 17.7. The minimum Gasteiger partial charge on any atom is -0.486 e. The van der Waals surface area contributed by atoms with Gasteiger partial charge in [-0.1, -0.05) is 18.2 Å². The van der Waals surface area contributed by atoms with Crippen LogP contribution in [0.15, 0.2) is 48.8 Å². The van der Waals surface area contributed by atoms with E-state index in [9.17, 15) is 9.00 Å². The minimum atomic E-state index is -0.923. The van der Waals surface area contributed by atoms with Crippen molar-refractivity contribution in [1.82, 2.24) is 14.3 Å². The van der Waals surface area contributed by atoms with Gasteiger partial charge in [0.05, 0.1) is 16.0 Å². The number of imidazole rings is 1. The number of carbonyl (C=O) groups is 1. The molecule has 7 heteroatoms. The smallest absolute Gasteiger partial charge is 0.257 e. The van der Waals surface area contributed by atoms with Crippen molar-refractivity contribution in [2.75, 3.05) is 18.8 Å². The van der Waals surface area contributed by atoms with Crippen molar-refractivity contribution < 1.29 is 13.7 Å². The molecule has 2 aromatic heterocycles. The number of nitrogens with zero attached hydrogens (tertiary/aromatic N) is 3. The molecule has 0 unspecified atom stereocenters. The first-order chi connectivity index (χ1) is 13.8. The number of rotatable bonds is 4. The predicted molar refractivity (Wildman–Crippen MR) is 114 cm³/mol. The van der Waals surface area contributed by atoms with E-state index in [1.165, 1.54) is 0 Å². The number of pyridine rings is 1. The van der Waals surface area contributed by atoms with E-state index < -0.39 is 15.5 Å². The highest BCUT2D eigenvalue weighted by molar-refractivity contribution is 7.86. The molecule has 3 heterocycles. The fraction of sp³-hybridized carbons (Fsp3) is 0.364. The molecule has 29 heavy (non-hydrogen) atoms. The second kappa shape index (κ2) is 7.63. The molecular weight excluding hydrogens is 386 g/mol. The van der Waals surface area contributed by atoms with Crippen LogP contribution in [0, 0.1) is 6.92 Å². The van der Waals surface area contributed by atoms with Crippen molar-refractivity contribution in [2.45, 2.75) is 32.1 Å². The van der Waals surface area contributed by atoms with Gasteiger partial charge in [-0.25, -0.2) is 4.98 Å². The Hall–Kier alpha value is -2.67. The van der Waals surface area contributed by atoms with Gasteiger partial charge in [0, 0.05) is 42.0 Å². The van der Waals surface area contributed by atoms with Crippen molar-refractivity contribution in [3.05, 3.63) is 65.6 Å². The van der Waals surface area contributed by atoms with Crippen LogP contribution in [0.3, 0.4) is 0 Å². The van der Waals surface area contributed by atoms with Gasteiger partial charge in [-0.05, 0) is 44.5 Å². The first-order valence-corrected chi connectivity index (χ1v) is 11.0. The second-order valence-corrected chi connectivity index (χ2v) is 10.2. The molecule has 0 spiro atoms. The lowest BCUT2D eigenvalue weighted by molar-refractivity contribution is 0.0741. The lowest BCUT2D eigenvalue weighted by Gasteiger charge is -2.37. The molecule has 1 fully saturated rings. The molecule has 1 amide bonds. The zero-order chi connectivity index (χ0) is 20.6. The van der Waals surface area contributed by atoms with Crippen LogP contribution >= 0.6 is 0 Å². The summed E-state index contributed by atoms with van der Waals surface area (Å²) < 4.78 is 19.7. The third-order valence-electron chi connectivity index (χ3n) is 5.24. The maximum atomic E-state index is 13.1. The van der Waals surface area contributed by atoms with Crippen LogP contribution in [-0.2, 0) is 17.4 Å². The number of aromatic nitrogens is 2. The fourth-order valence-corrected chi connectivity index (χ4v) is 4.86. The standard InChI is InChI=1S/C22H25N3O3S/c1-16-7-6-10-24-13-17(23-20(16)24)14-28-19-9-5-4-8-18(19)21(26)25-11-12-29(27)22(2,3)15-25/h4-10,13H,11-12,14-15H2,1-3H3/t29-/m1/s1. The van der Waals surface area contributed by atoms with Crippen LogP contribution in [0.2, 0.25) is 0 Å². The normalized spacial score (nSPS) is 18.7. The van der Waals surface area contributed by atoms with Crippen molar-refractivity contribution in [2.24, 2.45) is 0 Å². The molecule has 1 aromatic carbocycles. The zero-order valence-electron chi connectivity index (χ0n) is 16.9. The van der Waals surface area contributed by atoms with Gasteiger partial charge in [-0.2, -0.15) is 0 Å². The first kappa shape index (κ1) is 19.6. The number of hydrogen-bond acceptors (Lipinski definition) is 4. The van der Waals surface area contributed by atoms with Crippen LogP contribution in [0.25, 0.3) is 5.65 Å². The number of benzene rings is 1. The molecule has 1 aliphatic heterocycles. The van der Waals surface area contributed by atoms with E-state index in [0.717, 1.165) is 16.9 Å². The average molecular weight is 412 g/mol. The summed E-state index contributed by atoms with van der Waals surface area (Å²) in [6.07, 6.45) is 3.90. The predicted octanol–water partition coefficient (Wildman–Crippen LogP) is 3.20. The quantitative estimate of drug-likeness (QED) is 0.661.